The molecule has 0 spiro atoms. The van der Waals surface area contributed by atoms with Crippen LogP contribution in [0, 0.1) is 5.92 Å². The molecule has 7 heteroatoms. The van der Waals surface area contributed by atoms with Crippen molar-refractivity contribution in [3.05, 3.63) is 29.8 Å². The van der Waals surface area contributed by atoms with E-state index in [2.05, 4.69) is 30.9 Å². The largest absolute Gasteiger partial charge is 0.473 e. The van der Waals surface area contributed by atoms with Crippen molar-refractivity contribution in [2.24, 2.45) is 5.92 Å². The van der Waals surface area contributed by atoms with Crippen molar-refractivity contribution in [1.29, 1.82) is 0 Å². The Morgan fingerprint density at radius 3 is 2.19 bits per heavy atom. The first kappa shape index (κ1) is 21.9. The first-order chi connectivity index (χ1) is 12.3. The maximum absolute atomic E-state index is 9.10. The number of nitrogen functional groups attached to an aromatic ring is 1. The van der Waals surface area contributed by atoms with Crippen LogP contribution in [0.15, 0.2) is 24.3 Å². The zero-order valence-corrected chi connectivity index (χ0v) is 15.6. The predicted molar refractivity (Wildman–Crippen MR) is 100 cm³/mol. The summed E-state index contributed by atoms with van der Waals surface area (Å²) in [7, 11) is 0. The van der Waals surface area contributed by atoms with Gasteiger partial charge in [0.25, 0.3) is 0 Å². The Kier molecular flexibility index (Phi) is 9.69. The molecular formula is C19H30N2O5. The summed E-state index contributed by atoms with van der Waals surface area (Å²) in [5.41, 5.74) is 8.24. The summed E-state index contributed by atoms with van der Waals surface area (Å²) in [4.78, 5) is 20.8. The Morgan fingerprint density at radius 2 is 1.69 bits per heavy atom. The molecule has 1 aromatic rings. The van der Waals surface area contributed by atoms with Crippen LogP contribution in [0.5, 0.6) is 0 Å². The molecule has 1 heterocycles. The molecule has 7 nitrogen and oxygen atoms in total. The molecule has 1 atom stereocenters. The molecule has 2 rings (SSSR count). The first-order valence-corrected chi connectivity index (χ1v) is 8.92. The van der Waals surface area contributed by atoms with Gasteiger partial charge in [0.2, 0.25) is 0 Å². The minimum atomic E-state index is -1.82. The van der Waals surface area contributed by atoms with E-state index in [-0.39, 0.29) is 0 Å². The number of nitrogens with two attached hydrogens (primary N) is 1. The number of benzene rings is 1. The predicted octanol–water partition coefficient (Wildman–Crippen LogP) is 2.10. The van der Waals surface area contributed by atoms with Crippen molar-refractivity contribution in [2.75, 3.05) is 32.0 Å². The van der Waals surface area contributed by atoms with Crippen LogP contribution in [0.1, 0.15) is 32.3 Å². The molecule has 1 unspecified atom stereocenters. The lowest BCUT2D eigenvalue weighted by molar-refractivity contribution is -0.159. The van der Waals surface area contributed by atoms with Crippen molar-refractivity contribution < 1.29 is 24.5 Å². The highest BCUT2D eigenvalue weighted by molar-refractivity contribution is 6.27. The smallest absolute Gasteiger partial charge is 0.414 e. The number of ether oxygens (including phenoxy) is 1. The van der Waals surface area contributed by atoms with Crippen LogP contribution in [0.25, 0.3) is 0 Å². The number of hydrogen-bond acceptors (Lipinski definition) is 5. The van der Waals surface area contributed by atoms with Crippen molar-refractivity contribution in [2.45, 2.75) is 39.2 Å². The van der Waals surface area contributed by atoms with Gasteiger partial charge in [-0.1, -0.05) is 32.0 Å². The number of rotatable bonds is 7. The van der Waals surface area contributed by atoms with E-state index >= 15 is 0 Å². The molecular weight excluding hydrogens is 336 g/mol. The number of para-hydroxylation sites is 1. The standard InChI is InChI=1S/C17H28N2O.C2H2O4/c1-14(2)12-20-13-16(19-9-5-6-10-19)11-15-7-3-4-8-17(15)18;3-1(4)2(5)6/h3-4,7-8,14,16H,5-6,9-13,18H2,1-2H3;(H,3,4)(H,5,6). The fraction of sp³-hybridized carbons (Fsp3) is 0.579. The average molecular weight is 366 g/mol. The highest BCUT2D eigenvalue weighted by Crippen LogP contribution is 2.19. The highest BCUT2D eigenvalue weighted by atomic mass is 16.5. The van der Waals surface area contributed by atoms with E-state index in [4.69, 9.17) is 30.3 Å². The number of carbonyl (C=O) groups is 2. The SMILES string of the molecule is CC(C)COCC(Cc1ccccc1N)N1CCCC1.O=C(O)C(=O)O. The summed E-state index contributed by atoms with van der Waals surface area (Å²) in [5.74, 6) is -3.05. The zero-order valence-electron chi connectivity index (χ0n) is 15.6. The summed E-state index contributed by atoms with van der Waals surface area (Å²) in [6.45, 7) is 8.44. The first-order valence-electron chi connectivity index (χ1n) is 8.92. The van der Waals surface area contributed by atoms with Gasteiger partial charge in [0.15, 0.2) is 0 Å². The third-order valence-corrected chi connectivity index (χ3v) is 4.11. The number of carboxylic acids is 2. The molecule has 1 aromatic carbocycles. The number of anilines is 1. The van der Waals surface area contributed by atoms with E-state index in [1.165, 1.54) is 31.5 Å². The molecule has 26 heavy (non-hydrogen) atoms. The fourth-order valence-electron chi connectivity index (χ4n) is 2.81. The minimum Gasteiger partial charge on any atom is -0.473 e. The molecule has 0 radical (unpaired) electrons. The van der Waals surface area contributed by atoms with E-state index in [1.54, 1.807) is 0 Å². The zero-order chi connectivity index (χ0) is 19.5. The van der Waals surface area contributed by atoms with Gasteiger partial charge in [-0.25, -0.2) is 9.59 Å². The molecule has 1 aliphatic rings. The van der Waals surface area contributed by atoms with Gasteiger partial charge in [-0.05, 0) is 49.9 Å². The quantitative estimate of drug-likeness (QED) is 0.500. The molecule has 0 amide bonds. The highest BCUT2D eigenvalue weighted by Gasteiger charge is 2.23. The van der Waals surface area contributed by atoms with Gasteiger partial charge in [0, 0.05) is 18.3 Å². The molecule has 1 saturated heterocycles. The minimum absolute atomic E-state index is 0.459. The molecule has 1 aliphatic heterocycles. The number of aliphatic carboxylic acids is 2. The second-order valence-electron chi connectivity index (χ2n) is 6.84. The van der Waals surface area contributed by atoms with Crippen LogP contribution in [0.4, 0.5) is 5.69 Å². The van der Waals surface area contributed by atoms with Crippen LogP contribution in [0.3, 0.4) is 0 Å². The summed E-state index contributed by atoms with van der Waals surface area (Å²) >= 11 is 0. The lowest BCUT2D eigenvalue weighted by atomic mass is 10.0. The van der Waals surface area contributed by atoms with Gasteiger partial charge < -0.3 is 20.7 Å². The van der Waals surface area contributed by atoms with E-state index in [1.807, 2.05) is 12.1 Å². The molecule has 0 aliphatic carbocycles. The van der Waals surface area contributed by atoms with Gasteiger partial charge in [-0.15, -0.1) is 0 Å². The van der Waals surface area contributed by atoms with Crippen molar-refractivity contribution in [1.82, 2.24) is 4.90 Å². The van der Waals surface area contributed by atoms with Crippen LogP contribution < -0.4 is 5.73 Å². The summed E-state index contributed by atoms with van der Waals surface area (Å²) in [6, 6.07) is 8.66. The van der Waals surface area contributed by atoms with Gasteiger partial charge in [-0.3, -0.25) is 4.90 Å². The maximum Gasteiger partial charge on any atom is 0.414 e. The Labute approximate surface area is 154 Å². The van der Waals surface area contributed by atoms with E-state index in [0.717, 1.165) is 25.3 Å². The van der Waals surface area contributed by atoms with Crippen LogP contribution in [-0.4, -0.2) is 59.4 Å². The number of carboxylic acid groups (broad SMARTS) is 2. The van der Waals surface area contributed by atoms with Crippen molar-refractivity contribution in [3.8, 4) is 0 Å². The lowest BCUT2D eigenvalue weighted by Crippen LogP contribution is -2.38. The number of nitrogens with zero attached hydrogens (tertiary/aromatic N) is 1. The lowest BCUT2D eigenvalue weighted by Gasteiger charge is -2.28. The molecule has 1 fully saturated rings. The van der Waals surface area contributed by atoms with E-state index in [9.17, 15) is 0 Å². The molecule has 0 aromatic heterocycles. The van der Waals surface area contributed by atoms with Gasteiger partial charge >= 0.3 is 11.9 Å². The average Bonchev–Trinajstić information content (AvgIpc) is 3.10. The van der Waals surface area contributed by atoms with Gasteiger partial charge in [0.05, 0.1) is 6.61 Å². The maximum atomic E-state index is 9.10. The number of hydrogen-bond donors (Lipinski definition) is 3. The molecule has 0 saturated carbocycles. The monoisotopic (exact) mass is 366 g/mol. The molecule has 4 N–H and O–H groups in total. The fourth-order valence-corrected chi connectivity index (χ4v) is 2.81. The second-order valence-corrected chi connectivity index (χ2v) is 6.84. The van der Waals surface area contributed by atoms with Gasteiger partial charge in [0.1, 0.15) is 0 Å². The van der Waals surface area contributed by atoms with E-state index < -0.39 is 11.9 Å². The molecule has 146 valence electrons. The van der Waals surface area contributed by atoms with Crippen molar-refractivity contribution in [3.63, 3.8) is 0 Å². The summed E-state index contributed by atoms with van der Waals surface area (Å²) in [6.07, 6.45) is 3.61. The second kappa shape index (κ2) is 11.5. The van der Waals surface area contributed by atoms with Crippen LogP contribution >= 0.6 is 0 Å². The third kappa shape index (κ3) is 8.31. The Morgan fingerprint density at radius 1 is 1.12 bits per heavy atom. The van der Waals surface area contributed by atoms with Crippen LogP contribution in [0.2, 0.25) is 0 Å². The Balaban J connectivity index is 0.000000487. The Bertz CT molecular complexity index is 559. The van der Waals surface area contributed by atoms with Crippen molar-refractivity contribution >= 4 is 17.6 Å². The van der Waals surface area contributed by atoms with Gasteiger partial charge in [-0.2, -0.15) is 0 Å². The summed E-state index contributed by atoms with van der Waals surface area (Å²) < 4.78 is 5.90. The normalized spacial score (nSPS) is 15.3. The third-order valence-electron chi connectivity index (χ3n) is 4.11. The van der Waals surface area contributed by atoms with E-state index in [0.29, 0.717) is 12.0 Å². The van der Waals surface area contributed by atoms with Crippen LogP contribution in [-0.2, 0) is 20.7 Å². The summed E-state index contributed by atoms with van der Waals surface area (Å²) in [5, 5.41) is 14.8. The molecule has 0 bridgehead atoms. The number of likely N-dealkylation sites (tertiary alicyclic amines) is 1. The topological polar surface area (TPSA) is 113 Å². The Hall–Kier alpha value is -2.12.